The summed E-state index contributed by atoms with van der Waals surface area (Å²) in [5.41, 5.74) is 2.37. The molecular formula is C15H15IN2O2S. The van der Waals surface area contributed by atoms with Crippen LogP contribution in [0.5, 0.6) is 0 Å². The average Bonchev–Trinajstić information content (AvgIpc) is 2.86. The van der Waals surface area contributed by atoms with E-state index < -0.39 is 0 Å². The second kappa shape index (κ2) is 7.04. The first-order valence-corrected chi connectivity index (χ1v) is 8.27. The molecule has 1 aromatic heterocycles. The van der Waals surface area contributed by atoms with Crippen molar-refractivity contribution >= 4 is 51.4 Å². The van der Waals surface area contributed by atoms with Crippen molar-refractivity contribution in [2.45, 2.75) is 13.5 Å². The van der Waals surface area contributed by atoms with Crippen molar-refractivity contribution in [1.29, 1.82) is 0 Å². The van der Waals surface area contributed by atoms with Crippen LogP contribution in [0.15, 0.2) is 35.7 Å². The number of carbonyl (C=O) groups is 2. The van der Waals surface area contributed by atoms with Crippen LogP contribution < -0.4 is 5.32 Å². The number of benzene rings is 1. The number of hydrogen-bond donors (Lipinski definition) is 1. The standard InChI is InChI=1S/C15H15IN2O2S/c1-10(19)18(2)8-11-4-3-5-13(6-11)17-15(20)12-7-14(16)21-9-12/h3-7,9H,8H2,1-2H3,(H,17,20). The Labute approximate surface area is 141 Å². The Hall–Kier alpha value is -1.41. The zero-order chi connectivity index (χ0) is 15.4. The van der Waals surface area contributed by atoms with Gasteiger partial charge in [-0.3, -0.25) is 9.59 Å². The molecule has 0 saturated carbocycles. The number of nitrogens with one attached hydrogen (secondary N) is 1. The molecule has 6 heteroatoms. The lowest BCUT2D eigenvalue weighted by atomic mass is 10.2. The summed E-state index contributed by atoms with van der Waals surface area (Å²) in [4.78, 5) is 25.0. The fourth-order valence-electron chi connectivity index (χ4n) is 1.77. The number of nitrogens with zero attached hydrogens (tertiary/aromatic N) is 1. The van der Waals surface area contributed by atoms with E-state index in [0.29, 0.717) is 12.1 Å². The third-order valence-electron chi connectivity index (χ3n) is 2.97. The van der Waals surface area contributed by atoms with Gasteiger partial charge in [-0.15, -0.1) is 11.3 Å². The molecule has 0 atom stereocenters. The van der Waals surface area contributed by atoms with E-state index in [-0.39, 0.29) is 11.8 Å². The molecule has 0 saturated heterocycles. The zero-order valence-corrected chi connectivity index (χ0v) is 14.7. The topological polar surface area (TPSA) is 49.4 Å². The lowest BCUT2D eigenvalue weighted by molar-refractivity contribution is -0.128. The second-order valence-electron chi connectivity index (χ2n) is 4.67. The van der Waals surface area contributed by atoms with Crippen LogP contribution >= 0.6 is 33.9 Å². The van der Waals surface area contributed by atoms with Gasteiger partial charge in [-0.1, -0.05) is 12.1 Å². The smallest absolute Gasteiger partial charge is 0.256 e. The van der Waals surface area contributed by atoms with E-state index in [1.807, 2.05) is 35.7 Å². The lowest BCUT2D eigenvalue weighted by Gasteiger charge is -2.15. The van der Waals surface area contributed by atoms with Crippen molar-refractivity contribution in [3.63, 3.8) is 0 Å². The minimum Gasteiger partial charge on any atom is -0.342 e. The lowest BCUT2D eigenvalue weighted by Crippen LogP contribution is -2.23. The molecule has 1 N–H and O–H groups in total. The minimum atomic E-state index is -0.119. The maximum Gasteiger partial charge on any atom is 0.256 e. The molecule has 1 aromatic carbocycles. The number of hydrogen-bond acceptors (Lipinski definition) is 3. The Kier molecular flexibility index (Phi) is 5.35. The summed E-state index contributed by atoms with van der Waals surface area (Å²) in [7, 11) is 1.75. The predicted octanol–water partition coefficient (Wildman–Crippen LogP) is 3.58. The predicted molar refractivity (Wildman–Crippen MR) is 93.6 cm³/mol. The van der Waals surface area contributed by atoms with Crippen molar-refractivity contribution in [2.75, 3.05) is 12.4 Å². The van der Waals surface area contributed by atoms with E-state index >= 15 is 0 Å². The van der Waals surface area contributed by atoms with Crippen molar-refractivity contribution in [1.82, 2.24) is 4.90 Å². The number of thiophene rings is 1. The first-order chi connectivity index (χ1) is 9.95. The number of rotatable bonds is 4. The van der Waals surface area contributed by atoms with Gasteiger partial charge in [0.25, 0.3) is 5.91 Å². The van der Waals surface area contributed by atoms with Gasteiger partial charge in [0, 0.05) is 31.6 Å². The number of halogens is 1. The van der Waals surface area contributed by atoms with Crippen LogP contribution in [0.25, 0.3) is 0 Å². The van der Waals surface area contributed by atoms with E-state index in [4.69, 9.17) is 0 Å². The zero-order valence-electron chi connectivity index (χ0n) is 11.7. The highest BCUT2D eigenvalue weighted by molar-refractivity contribution is 14.1. The highest BCUT2D eigenvalue weighted by atomic mass is 127. The van der Waals surface area contributed by atoms with Gasteiger partial charge in [0.05, 0.1) is 8.45 Å². The first-order valence-electron chi connectivity index (χ1n) is 6.32. The Balaban J connectivity index is 2.07. The van der Waals surface area contributed by atoms with E-state index in [1.54, 1.807) is 11.9 Å². The van der Waals surface area contributed by atoms with Crippen LogP contribution in [0.1, 0.15) is 22.8 Å². The van der Waals surface area contributed by atoms with Gasteiger partial charge in [0.15, 0.2) is 0 Å². The Bertz CT molecular complexity index is 669. The summed E-state index contributed by atoms with van der Waals surface area (Å²) >= 11 is 3.73. The van der Waals surface area contributed by atoms with Crippen LogP contribution in [-0.4, -0.2) is 23.8 Å². The molecule has 0 spiro atoms. The summed E-state index contributed by atoms with van der Waals surface area (Å²) in [6.45, 7) is 2.05. The third kappa shape index (κ3) is 4.53. The summed E-state index contributed by atoms with van der Waals surface area (Å²) in [5, 5.41) is 4.71. The molecule has 0 bridgehead atoms. The van der Waals surface area contributed by atoms with Gasteiger partial charge in [0.1, 0.15) is 0 Å². The highest BCUT2D eigenvalue weighted by Crippen LogP contribution is 2.19. The maximum absolute atomic E-state index is 12.1. The SMILES string of the molecule is CC(=O)N(C)Cc1cccc(NC(=O)c2csc(I)c2)c1. The second-order valence-corrected chi connectivity index (χ2v) is 7.47. The number of amides is 2. The first kappa shape index (κ1) is 16.0. The van der Waals surface area contributed by atoms with Gasteiger partial charge in [0.2, 0.25) is 5.91 Å². The van der Waals surface area contributed by atoms with Gasteiger partial charge in [-0.05, 0) is 46.4 Å². The van der Waals surface area contributed by atoms with E-state index in [9.17, 15) is 9.59 Å². The molecule has 1 heterocycles. The summed E-state index contributed by atoms with van der Waals surface area (Å²) < 4.78 is 1.08. The van der Waals surface area contributed by atoms with Crippen LogP contribution in [0, 0.1) is 2.88 Å². The Morgan fingerprint density at radius 3 is 2.71 bits per heavy atom. The van der Waals surface area contributed by atoms with E-state index in [0.717, 1.165) is 14.1 Å². The van der Waals surface area contributed by atoms with Crippen LogP contribution in [-0.2, 0) is 11.3 Å². The summed E-state index contributed by atoms with van der Waals surface area (Å²) in [6, 6.07) is 9.38. The molecule has 0 aliphatic rings. The van der Waals surface area contributed by atoms with Gasteiger partial charge in [-0.25, -0.2) is 0 Å². The molecule has 2 aromatic rings. The number of carbonyl (C=O) groups excluding carboxylic acids is 2. The molecule has 0 aliphatic carbocycles. The fraction of sp³-hybridized carbons (Fsp3) is 0.200. The molecule has 0 radical (unpaired) electrons. The molecule has 0 fully saturated rings. The number of anilines is 1. The van der Waals surface area contributed by atoms with E-state index in [1.165, 1.54) is 18.3 Å². The van der Waals surface area contributed by atoms with Crippen molar-refractivity contribution < 1.29 is 9.59 Å². The Morgan fingerprint density at radius 2 is 2.10 bits per heavy atom. The molecular weight excluding hydrogens is 399 g/mol. The highest BCUT2D eigenvalue weighted by Gasteiger charge is 2.09. The van der Waals surface area contributed by atoms with Crippen LogP contribution in [0.2, 0.25) is 0 Å². The summed E-state index contributed by atoms with van der Waals surface area (Å²) in [6.07, 6.45) is 0. The molecule has 4 nitrogen and oxygen atoms in total. The van der Waals surface area contributed by atoms with Crippen molar-refractivity contribution in [3.05, 3.63) is 49.7 Å². The maximum atomic E-state index is 12.1. The largest absolute Gasteiger partial charge is 0.342 e. The fourth-order valence-corrected chi connectivity index (χ4v) is 3.09. The van der Waals surface area contributed by atoms with Crippen molar-refractivity contribution in [3.8, 4) is 0 Å². The van der Waals surface area contributed by atoms with Crippen LogP contribution in [0.4, 0.5) is 5.69 Å². The summed E-state index contributed by atoms with van der Waals surface area (Å²) in [5.74, 6) is -0.108. The normalized spacial score (nSPS) is 10.2. The molecule has 110 valence electrons. The van der Waals surface area contributed by atoms with Gasteiger partial charge < -0.3 is 10.2 Å². The van der Waals surface area contributed by atoms with Gasteiger partial charge in [-0.2, -0.15) is 0 Å². The molecule has 21 heavy (non-hydrogen) atoms. The molecule has 0 unspecified atom stereocenters. The van der Waals surface area contributed by atoms with Gasteiger partial charge >= 0.3 is 0 Å². The molecule has 2 rings (SSSR count). The minimum absolute atomic E-state index is 0.0114. The Morgan fingerprint density at radius 1 is 1.33 bits per heavy atom. The van der Waals surface area contributed by atoms with Crippen molar-refractivity contribution in [2.24, 2.45) is 0 Å². The van der Waals surface area contributed by atoms with E-state index in [2.05, 4.69) is 27.9 Å². The van der Waals surface area contributed by atoms with Crippen LogP contribution in [0.3, 0.4) is 0 Å². The third-order valence-corrected chi connectivity index (χ3v) is 4.76. The quantitative estimate of drug-likeness (QED) is 0.778. The molecule has 2 amide bonds. The monoisotopic (exact) mass is 414 g/mol. The average molecular weight is 414 g/mol. The molecule has 0 aliphatic heterocycles.